The molecule has 0 saturated heterocycles. The van der Waals surface area contributed by atoms with E-state index in [9.17, 15) is 5.26 Å². The molecule has 1 heterocycles. The monoisotopic (exact) mass is 274 g/mol. The Hall–Kier alpha value is -2.93. The molecule has 0 spiro atoms. The van der Waals surface area contributed by atoms with Gasteiger partial charge in [-0.15, -0.1) is 5.10 Å². The molecular formula is C17H14N4. The predicted molar refractivity (Wildman–Crippen MR) is 80.4 cm³/mol. The van der Waals surface area contributed by atoms with Crippen LogP contribution in [-0.2, 0) is 0 Å². The molecule has 4 nitrogen and oxygen atoms in total. The van der Waals surface area contributed by atoms with Crippen LogP contribution in [-0.4, -0.2) is 15.0 Å². The average Bonchev–Trinajstić information content (AvgIpc) is 2.99. The fraction of sp³-hybridized carbons (Fsp3) is 0.118. The molecule has 0 radical (unpaired) electrons. The summed E-state index contributed by atoms with van der Waals surface area (Å²) >= 11 is 0. The van der Waals surface area contributed by atoms with Gasteiger partial charge in [0.1, 0.15) is 11.8 Å². The lowest BCUT2D eigenvalue weighted by atomic mass is 10.1. The smallest absolute Gasteiger partial charge is 0.190 e. The Morgan fingerprint density at radius 3 is 2.24 bits per heavy atom. The Labute approximate surface area is 123 Å². The number of nitrogens with zero attached hydrogens (tertiary/aromatic N) is 4. The van der Waals surface area contributed by atoms with E-state index in [1.807, 2.05) is 65.3 Å². The Morgan fingerprint density at radius 2 is 1.62 bits per heavy atom. The van der Waals surface area contributed by atoms with Gasteiger partial charge >= 0.3 is 0 Å². The molecule has 102 valence electrons. The normalized spacial score (nSPS) is 11.8. The molecular weight excluding hydrogens is 260 g/mol. The van der Waals surface area contributed by atoms with Gasteiger partial charge in [-0.25, -0.2) is 4.68 Å². The molecule has 4 heteroatoms. The summed E-state index contributed by atoms with van der Waals surface area (Å²) in [6, 6.07) is 22.0. The zero-order valence-electron chi connectivity index (χ0n) is 11.6. The van der Waals surface area contributed by atoms with Crippen molar-refractivity contribution in [3.8, 4) is 17.3 Å². The largest absolute Gasteiger partial charge is 0.236 e. The van der Waals surface area contributed by atoms with Crippen LogP contribution in [0.5, 0.6) is 0 Å². The second-order valence-electron chi connectivity index (χ2n) is 4.80. The van der Waals surface area contributed by atoms with Gasteiger partial charge in [0.25, 0.3) is 0 Å². The van der Waals surface area contributed by atoms with Gasteiger partial charge in [-0.2, -0.15) is 5.26 Å². The van der Waals surface area contributed by atoms with Crippen LogP contribution in [0.4, 0.5) is 0 Å². The van der Waals surface area contributed by atoms with Crippen LogP contribution in [0.15, 0.2) is 60.7 Å². The summed E-state index contributed by atoms with van der Waals surface area (Å²) in [4.78, 5) is 0. The topological polar surface area (TPSA) is 54.5 Å². The number of benzene rings is 2. The Kier molecular flexibility index (Phi) is 3.48. The number of aromatic nitrogens is 3. The van der Waals surface area contributed by atoms with E-state index in [0.29, 0.717) is 5.69 Å². The highest BCUT2D eigenvalue weighted by atomic mass is 15.4. The van der Waals surface area contributed by atoms with Crippen molar-refractivity contribution in [3.63, 3.8) is 0 Å². The Bertz CT molecular complexity index is 770. The van der Waals surface area contributed by atoms with Crippen molar-refractivity contribution in [1.82, 2.24) is 15.0 Å². The van der Waals surface area contributed by atoms with E-state index in [-0.39, 0.29) is 6.04 Å². The van der Waals surface area contributed by atoms with Gasteiger partial charge in [-0.05, 0) is 12.5 Å². The summed E-state index contributed by atoms with van der Waals surface area (Å²) in [5.74, 6) is 0. The maximum atomic E-state index is 9.28. The van der Waals surface area contributed by atoms with Crippen LogP contribution >= 0.6 is 0 Å². The molecule has 1 unspecified atom stereocenters. The highest BCUT2D eigenvalue weighted by molar-refractivity contribution is 5.65. The third-order valence-corrected chi connectivity index (χ3v) is 3.50. The van der Waals surface area contributed by atoms with E-state index in [2.05, 4.69) is 23.3 Å². The van der Waals surface area contributed by atoms with E-state index >= 15 is 0 Å². The van der Waals surface area contributed by atoms with Crippen LogP contribution in [0, 0.1) is 11.3 Å². The number of hydrogen-bond donors (Lipinski definition) is 0. The Balaban J connectivity index is 2.13. The Morgan fingerprint density at radius 1 is 1.00 bits per heavy atom. The van der Waals surface area contributed by atoms with Crippen molar-refractivity contribution in [2.75, 3.05) is 0 Å². The first-order valence-electron chi connectivity index (χ1n) is 6.77. The van der Waals surface area contributed by atoms with Crippen molar-refractivity contribution < 1.29 is 0 Å². The molecule has 3 aromatic rings. The van der Waals surface area contributed by atoms with E-state index in [1.165, 1.54) is 0 Å². The quantitative estimate of drug-likeness (QED) is 0.735. The van der Waals surface area contributed by atoms with Crippen molar-refractivity contribution in [2.45, 2.75) is 13.0 Å². The fourth-order valence-corrected chi connectivity index (χ4v) is 2.38. The van der Waals surface area contributed by atoms with Crippen LogP contribution in [0.1, 0.15) is 24.2 Å². The summed E-state index contributed by atoms with van der Waals surface area (Å²) < 4.78 is 1.81. The molecule has 21 heavy (non-hydrogen) atoms. The van der Waals surface area contributed by atoms with Crippen LogP contribution in [0.25, 0.3) is 11.3 Å². The molecule has 1 aromatic heterocycles. The lowest BCUT2D eigenvalue weighted by Gasteiger charge is -2.15. The molecule has 0 bridgehead atoms. The van der Waals surface area contributed by atoms with Crippen molar-refractivity contribution in [1.29, 1.82) is 5.26 Å². The molecule has 0 saturated carbocycles. The zero-order chi connectivity index (χ0) is 14.7. The molecule has 2 aromatic carbocycles. The summed E-state index contributed by atoms with van der Waals surface area (Å²) in [5.41, 5.74) is 3.18. The third kappa shape index (κ3) is 2.41. The molecule has 0 N–H and O–H groups in total. The molecule has 0 aliphatic carbocycles. The van der Waals surface area contributed by atoms with Crippen LogP contribution in [0.3, 0.4) is 0 Å². The van der Waals surface area contributed by atoms with Crippen LogP contribution < -0.4 is 0 Å². The maximum Gasteiger partial charge on any atom is 0.190 e. The van der Waals surface area contributed by atoms with Crippen molar-refractivity contribution in [2.24, 2.45) is 0 Å². The first kappa shape index (κ1) is 13.1. The minimum Gasteiger partial charge on any atom is -0.236 e. The molecule has 0 aliphatic rings. The van der Waals surface area contributed by atoms with Gasteiger partial charge in [0.05, 0.1) is 6.04 Å². The molecule has 0 amide bonds. The highest BCUT2D eigenvalue weighted by Gasteiger charge is 2.19. The molecule has 0 fully saturated rings. The fourth-order valence-electron chi connectivity index (χ4n) is 2.38. The zero-order valence-corrected chi connectivity index (χ0v) is 11.6. The predicted octanol–water partition coefficient (Wildman–Crippen LogP) is 3.43. The average molecular weight is 274 g/mol. The van der Waals surface area contributed by atoms with Crippen molar-refractivity contribution in [3.05, 3.63) is 71.9 Å². The first-order chi connectivity index (χ1) is 10.3. The molecule has 3 rings (SSSR count). The van der Waals surface area contributed by atoms with Gasteiger partial charge in [0, 0.05) is 5.56 Å². The number of nitriles is 1. The summed E-state index contributed by atoms with van der Waals surface area (Å²) in [5, 5.41) is 17.5. The molecule has 0 aliphatic heterocycles. The summed E-state index contributed by atoms with van der Waals surface area (Å²) in [7, 11) is 0. The second kappa shape index (κ2) is 5.59. The minimum absolute atomic E-state index is 0.0102. The number of hydrogen-bond acceptors (Lipinski definition) is 3. The highest BCUT2D eigenvalue weighted by Crippen LogP contribution is 2.27. The summed E-state index contributed by atoms with van der Waals surface area (Å²) in [6.07, 6.45) is 0. The van der Waals surface area contributed by atoms with Gasteiger partial charge in [0.2, 0.25) is 0 Å². The van der Waals surface area contributed by atoms with E-state index < -0.39 is 0 Å². The van der Waals surface area contributed by atoms with Gasteiger partial charge < -0.3 is 0 Å². The lowest BCUT2D eigenvalue weighted by Crippen LogP contribution is -2.10. The second-order valence-corrected chi connectivity index (χ2v) is 4.80. The van der Waals surface area contributed by atoms with Gasteiger partial charge in [-0.3, -0.25) is 0 Å². The maximum absolute atomic E-state index is 9.28. The van der Waals surface area contributed by atoms with Crippen LogP contribution in [0.2, 0.25) is 0 Å². The lowest BCUT2D eigenvalue weighted by molar-refractivity contribution is 0.548. The van der Waals surface area contributed by atoms with Gasteiger partial charge in [0.15, 0.2) is 5.69 Å². The van der Waals surface area contributed by atoms with E-state index in [0.717, 1.165) is 16.8 Å². The number of rotatable bonds is 3. The standard InChI is InChI=1S/C17H14N4/c1-13(14-8-4-2-5-9-14)21-17(16(12-18)19-20-21)15-10-6-3-7-11-15/h2-11,13H,1H3. The van der Waals surface area contributed by atoms with E-state index in [1.54, 1.807) is 0 Å². The van der Waals surface area contributed by atoms with Crippen molar-refractivity contribution >= 4 is 0 Å². The van der Waals surface area contributed by atoms with E-state index in [4.69, 9.17) is 0 Å². The van der Waals surface area contributed by atoms with Gasteiger partial charge in [-0.1, -0.05) is 65.9 Å². The third-order valence-electron chi connectivity index (χ3n) is 3.50. The first-order valence-corrected chi connectivity index (χ1v) is 6.77. The minimum atomic E-state index is 0.0102. The SMILES string of the molecule is CC(c1ccccc1)n1nnc(C#N)c1-c1ccccc1. The molecule has 1 atom stereocenters. The summed E-state index contributed by atoms with van der Waals surface area (Å²) in [6.45, 7) is 2.05.